The predicted molar refractivity (Wildman–Crippen MR) is 175 cm³/mol. The zero-order valence-corrected chi connectivity index (χ0v) is 28.2. The lowest BCUT2D eigenvalue weighted by molar-refractivity contribution is -0.161. The Hall–Kier alpha value is -1.47. The summed E-state index contributed by atoms with van der Waals surface area (Å²) < 4.78 is 26.1. The highest BCUT2D eigenvalue weighted by atomic mass is 31.2. The Morgan fingerprint density at radius 2 is 1.05 bits per heavy atom. The third-order valence-corrected chi connectivity index (χ3v) is 7.71. The molecule has 0 amide bonds. The third-order valence-electron chi connectivity index (χ3n) is 7.22. The van der Waals surface area contributed by atoms with Crippen molar-refractivity contribution >= 4 is 19.8 Å². The number of allylic oxidation sites excluding steroid dienone is 4. The molecule has 0 aromatic heterocycles. The minimum atomic E-state index is -4.74. The largest absolute Gasteiger partial charge is 0.469 e. The molecular weight excluding hydrogens is 567 g/mol. The predicted octanol–water partition coefficient (Wildman–Crippen LogP) is 9.68. The Morgan fingerprint density at radius 3 is 1.58 bits per heavy atom. The summed E-state index contributed by atoms with van der Waals surface area (Å²) in [7, 11) is -4.74. The van der Waals surface area contributed by atoms with Crippen LogP contribution in [0.3, 0.4) is 0 Å². The number of carbonyl (C=O) groups excluding carboxylic acids is 2. The Balaban J connectivity index is 3.95. The van der Waals surface area contributed by atoms with Gasteiger partial charge in [-0.2, -0.15) is 0 Å². The van der Waals surface area contributed by atoms with Crippen LogP contribution in [0.5, 0.6) is 0 Å². The van der Waals surface area contributed by atoms with Gasteiger partial charge in [0.05, 0.1) is 6.61 Å². The van der Waals surface area contributed by atoms with Gasteiger partial charge >= 0.3 is 19.8 Å². The molecule has 9 heteroatoms. The van der Waals surface area contributed by atoms with Crippen molar-refractivity contribution in [3.05, 3.63) is 24.3 Å². The molecule has 2 N–H and O–H groups in total. The molecule has 1 atom stereocenters. The maximum atomic E-state index is 12.2. The normalized spacial score (nSPS) is 12.7. The molecule has 0 aliphatic carbocycles. The summed E-state index contributed by atoms with van der Waals surface area (Å²) >= 11 is 0. The number of carbonyl (C=O) groups is 2. The zero-order valence-electron chi connectivity index (χ0n) is 27.4. The van der Waals surface area contributed by atoms with Crippen LogP contribution in [-0.4, -0.2) is 41.0 Å². The average molecular weight is 631 g/mol. The van der Waals surface area contributed by atoms with Crippen molar-refractivity contribution < 1.29 is 37.9 Å². The standard InChI is InChI=1S/C34H63O8P/c1-3-5-7-9-11-13-14-15-16-17-18-19-20-21-23-24-26-28-33(35)40-30-32(31-41-43(37,38)39)42-34(36)29-27-25-22-12-10-8-6-4-2/h11,13,15-16,32H,3-10,12,14,17-31H2,1-2H3,(H2,37,38,39)/b13-11+,16-15+/t32-/m1/s1. The lowest BCUT2D eigenvalue weighted by Crippen LogP contribution is -2.29. The molecule has 0 heterocycles. The molecule has 0 unspecified atom stereocenters. The molecular formula is C34H63O8P. The highest BCUT2D eigenvalue weighted by molar-refractivity contribution is 7.46. The van der Waals surface area contributed by atoms with Crippen molar-refractivity contribution in [2.45, 2.75) is 168 Å². The van der Waals surface area contributed by atoms with Crippen LogP contribution in [0.4, 0.5) is 0 Å². The third kappa shape index (κ3) is 33.3. The fourth-order valence-corrected chi connectivity index (χ4v) is 5.00. The second-order valence-electron chi connectivity index (χ2n) is 11.5. The van der Waals surface area contributed by atoms with E-state index in [0.717, 1.165) is 57.8 Å². The summed E-state index contributed by atoms with van der Waals surface area (Å²) in [5, 5.41) is 0. The van der Waals surface area contributed by atoms with Crippen molar-refractivity contribution in [2.75, 3.05) is 13.2 Å². The summed E-state index contributed by atoms with van der Waals surface area (Å²) in [6.07, 6.45) is 32.0. The Kier molecular flexibility index (Phi) is 29.5. The van der Waals surface area contributed by atoms with Crippen molar-refractivity contribution in [3.8, 4) is 0 Å². The van der Waals surface area contributed by atoms with E-state index in [4.69, 9.17) is 19.3 Å². The molecule has 0 aliphatic heterocycles. The van der Waals surface area contributed by atoms with Crippen LogP contribution in [0.25, 0.3) is 0 Å². The van der Waals surface area contributed by atoms with Crippen molar-refractivity contribution in [1.29, 1.82) is 0 Å². The number of phosphoric acid groups is 1. The van der Waals surface area contributed by atoms with Gasteiger partial charge in [0, 0.05) is 12.8 Å². The van der Waals surface area contributed by atoms with E-state index in [0.29, 0.717) is 6.42 Å². The van der Waals surface area contributed by atoms with E-state index < -0.39 is 32.5 Å². The second kappa shape index (κ2) is 30.6. The highest BCUT2D eigenvalue weighted by Gasteiger charge is 2.22. The van der Waals surface area contributed by atoms with Gasteiger partial charge in [-0.25, -0.2) is 4.57 Å². The van der Waals surface area contributed by atoms with Crippen LogP contribution in [0.15, 0.2) is 24.3 Å². The molecule has 0 aliphatic rings. The van der Waals surface area contributed by atoms with Gasteiger partial charge in [-0.05, 0) is 44.9 Å². The van der Waals surface area contributed by atoms with Crippen LogP contribution < -0.4 is 0 Å². The molecule has 0 rings (SSSR count). The second-order valence-corrected chi connectivity index (χ2v) is 12.7. The number of ether oxygens (including phenoxy) is 2. The van der Waals surface area contributed by atoms with Gasteiger partial charge < -0.3 is 19.3 Å². The van der Waals surface area contributed by atoms with Crippen molar-refractivity contribution in [3.63, 3.8) is 0 Å². The van der Waals surface area contributed by atoms with Crippen LogP contribution >= 0.6 is 7.82 Å². The summed E-state index contributed by atoms with van der Waals surface area (Å²) in [4.78, 5) is 42.4. The molecule has 0 radical (unpaired) electrons. The number of hydrogen-bond acceptors (Lipinski definition) is 6. The number of unbranched alkanes of at least 4 members (excludes halogenated alkanes) is 17. The Labute approximate surface area is 262 Å². The van der Waals surface area contributed by atoms with E-state index in [-0.39, 0.29) is 19.4 Å². The molecule has 0 aromatic rings. The molecule has 0 fully saturated rings. The molecule has 0 saturated carbocycles. The van der Waals surface area contributed by atoms with Crippen LogP contribution in [0.1, 0.15) is 162 Å². The molecule has 0 spiro atoms. The van der Waals surface area contributed by atoms with Gasteiger partial charge in [-0.1, -0.05) is 128 Å². The summed E-state index contributed by atoms with van der Waals surface area (Å²) in [6, 6.07) is 0. The SMILES string of the molecule is CCCCC/C=C/C/C=C/CCCCCCCCCC(=O)OC[C@H](COP(=O)(O)O)OC(=O)CCCCCCCCCC. The lowest BCUT2D eigenvalue weighted by Gasteiger charge is -2.18. The highest BCUT2D eigenvalue weighted by Crippen LogP contribution is 2.35. The lowest BCUT2D eigenvalue weighted by atomic mass is 10.1. The minimum Gasteiger partial charge on any atom is -0.462 e. The van der Waals surface area contributed by atoms with Crippen LogP contribution in [-0.2, 0) is 28.2 Å². The monoisotopic (exact) mass is 630 g/mol. The number of rotatable bonds is 31. The number of hydrogen-bond donors (Lipinski definition) is 2. The smallest absolute Gasteiger partial charge is 0.462 e. The number of phosphoric ester groups is 1. The van der Waals surface area contributed by atoms with Gasteiger partial charge in [0.25, 0.3) is 0 Å². The van der Waals surface area contributed by atoms with E-state index in [9.17, 15) is 14.2 Å². The topological polar surface area (TPSA) is 119 Å². The van der Waals surface area contributed by atoms with E-state index in [1.165, 1.54) is 70.6 Å². The van der Waals surface area contributed by atoms with E-state index in [2.05, 4.69) is 42.7 Å². The molecule has 43 heavy (non-hydrogen) atoms. The van der Waals surface area contributed by atoms with Crippen LogP contribution in [0, 0.1) is 0 Å². The molecule has 0 saturated heterocycles. The molecule has 0 bridgehead atoms. The summed E-state index contributed by atoms with van der Waals surface area (Å²) in [5.41, 5.74) is 0. The fraction of sp³-hybridized carbons (Fsp3) is 0.824. The van der Waals surface area contributed by atoms with Gasteiger partial charge in [-0.15, -0.1) is 0 Å². The maximum Gasteiger partial charge on any atom is 0.469 e. The Morgan fingerprint density at radius 1 is 0.605 bits per heavy atom. The Bertz CT molecular complexity index is 761. The molecule has 0 aromatic carbocycles. The molecule has 8 nitrogen and oxygen atoms in total. The first kappa shape index (κ1) is 41.5. The van der Waals surface area contributed by atoms with Gasteiger partial charge in [-0.3, -0.25) is 14.1 Å². The van der Waals surface area contributed by atoms with Gasteiger partial charge in [0.1, 0.15) is 6.61 Å². The van der Waals surface area contributed by atoms with Gasteiger partial charge in [0.15, 0.2) is 6.10 Å². The van der Waals surface area contributed by atoms with Crippen LogP contribution in [0.2, 0.25) is 0 Å². The first-order chi connectivity index (χ1) is 20.8. The first-order valence-corrected chi connectivity index (χ1v) is 18.7. The summed E-state index contributed by atoms with van der Waals surface area (Å²) in [5.74, 6) is -0.898. The van der Waals surface area contributed by atoms with E-state index in [1.807, 2.05) is 0 Å². The zero-order chi connectivity index (χ0) is 31.9. The quantitative estimate of drug-likeness (QED) is 0.0336. The summed E-state index contributed by atoms with van der Waals surface area (Å²) in [6.45, 7) is 3.59. The fourth-order valence-electron chi connectivity index (χ4n) is 4.64. The van der Waals surface area contributed by atoms with E-state index in [1.54, 1.807) is 0 Å². The first-order valence-electron chi connectivity index (χ1n) is 17.1. The minimum absolute atomic E-state index is 0.211. The molecule has 252 valence electrons. The van der Waals surface area contributed by atoms with E-state index >= 15 is 0 Å². The van der Waals surface area contributed by atoms with Crippen molar-refractivity contribution in [2.24, 2.45) is 0 Å². The average Bonchev–Trinajstić information content (AvgIpc) is 2.97. The number of esters is 2. The maximum absolute atomic E-state index is 12.2. The van der Waals surface area contributed by atoms with Gasteiger partial charge in [0.2, 0.25) is 0 Å². The van der Waals surface area contributed by atoms with Crippen molar-refractivity contribution in [1.82, 2.24) is 0 Å².